The van der Waals surface area contributed by atoms with Crippen LogP contribution < -0.4 is 0 Å². The molecule has 0 aromatic carbocycles. The van der Waals surface area contributed by atoms with Gasteiger partial charge in [0, 0.05) is 13.5 Å². The lowest BCUT2D eigenvalue weighted by molar-refractivity contribution is -0.131. The van der Waals surface area contributed by atoms with Crippen LogP contribution >= 0.6 is 0 Å². The highest BCUT2D eigenvalue weighted by molar-refractivity contribution is 7.96. The van der Waals surface area contributed by atoms with Crippen molar-refractivity contribution in [2.75, 3.05) is 7.11 Å². The maximum atomic E-state index is 13.4. The van der Waals surface area contributed by atoms with Crippen molar-refractivity contribution >= 4 is 104 Å². The SMILES string of the molecule is CO[Si](C)(C)O[Si](O[Si](C)(CCC(F)(F)F)O[Si](C)(C)C)([Si](O[SiH3])([SiH2]O)[SiH2]O)[Si](O[SiH2]O)([SiH2]O)[SiH2]O. The molecule has 218 valence electrons. The first-order valence-electron chi connectivity index (χ1n) is 11.2. The minimum Gasteiger partial charge on any atom is -0.463 e. The molecule has 2 unspecified atom stereocenters. The van der Waals surface area contributed by atoms with E-state index in [1.807, 2.05) is 19.6 Å². The maximum absolute atomic E-state index is 13.4. The van der Waals surface area contributed by atoms with Gasteiger partial charge < -0.3 is 49.0 Å². The maximum Gasteiger partial charge on any atom is 0.389 e. The van der Waals surface area contributed by atoms with Gasteiger partial charge in [0.1, 0.15) is 10.5 Å². The molecule has 0 rings (SSSR count). The van der Waals surface area contributed by atoms with E-state index in [4.69, 9.17) is 25.0 Å². The largest absolute Gasteiger partial charge is 0.463 e. The topological polar surface area (TPSA) is 157 Å². The number of halogens is 3. The molecular weight excluding hydrogens is 690 g/mol. The zero-order valence-corrected chi connectivity index (χ0v) is 37.3. The van der Waals surface area contributed by atoms with Crippen LogP contribution in [0.15, 0.2) is 0 Å². The third-order valence-electron chi connectivity index (χ3n) is 5.58. The predicted molar refractivity (Wildman–Crippen MR) is 161 cm³/mol. The second kappa shape index (κ2) is 14.7. The van der Waals surface area contributed by atoms with E-state index in [2.05, 4.69) is 0 Å². The van der Waals surface area contributed by atoms with E-state index in [0.29, 0.717) is 0 Å². The van der Waals surface area contributed by atoms with Crippen LogP contribution in [-0.2, 0) is 25.0 Å². The van der Waals surface area contributed by atoms with Gasteiger partial charge in [-0.25, -0.2) is 0 Å². The Morgan fingerprint density at radius 2 is 1.25 bits per heavy atom. The highest BCUT2D eigenvalue weighted by Gasteiger charge is 2.77. The van der Waals surface area contributed by atoms with E-state index in [1.54, 1.807) is 13.1 Å². The second-order valence-electron chi connectivity index (χ2n) is 9.99. The molecular formula is C10H43F3O11Si12. The predicted octanol–water partition coefficient (Wildman–Crippen LogP) is -5.67. The van der Waals surface area contributed by atoms with Crippen LogP contribution in [-0.4, -0.2) is 142 Å². The quantitative estimate of drug-likeness (QED) is 0.0857. The van der Waals surface area contributed by atoms with Crippen molar-refractivity contribution in [3.8, 4) is 0 Å². The number of rotatable bonds is 18. The van der Waals surface area contributed by atoms with E-state index in [1.165, 1.54) is 13.7 Å². The van der Waals surface area contributed by atoms with E-state index in [9.17, 15) is 37.1 Å². The molecule has 0 saturated carbocycles. The van der Waals surface area contributed by atoms with Crippen molar-refractivity contribution in [2.45, 2.75) is 57.9 Å². The summed E-state index contributed by atoms with van der Waals surface area (Å²) in [4.78, 5) is 53.2. The molecule has 0 aliphatic heterocycles. The lowest BCUT2D eigenvalue weighted by atomic mass is 10.5. The van der Waals surface area contributed by atoms with Gasteiger partial charge in [0.2, 0.25) is 0 Å². The summed E-state index contributed by atoms with van der Waals surface area (Å²) in [5.74, 6) is 0. The highest BCUT2D eigenvalue weighted by Crippen LogP contribution is 2.39. The van der Waals surface area contributed by atoms with Crippen LogP contribution in [0, 0.1) is 0 Å². The standard InChI is InChI=1S/C10H43F3O11Si12/c1-19-32(5,6)23-34(35(20-25,27-15)28-16,36(29-17,30-18)21-26-14)24-33(7,22-31(2,3)4)9-8-10(11,12)13/h14-18H,8-9,26-30H2,1-7,25H3. The molecule has 36 heavy (non-hydrogen) atoms. The van der Waals surface area contributed by atoms with Gasteiger partial charge in [-0.05, 0) is 45.3 Å². The van der Waals surface area contributed by atoms with Gasteiger partial charge in [-0.1, -0.05) is 0 Å². The van der Waals surface area contributed by atoms with E-state index in [-0.39, 0.29) is 10.5 Å². The second-order valence-corrected chi connectivity index (χ2v) is 75.1. The zero-order valence-electron chi connectivity index (χ0n) is 22.3. The molecule has 0 bridgehead atoms. The molecule has 0 aliphatic carbocycles. The van der Waals surface area contributed by atoms with E-state index in [0.717, 1.165) is 0 Å². The van der Waals surface area contributed by atoms with Crippen LogP contribution in [0.1, 0.15) is 6.42 Å². The molecule has 5 N–H and O–H groups in total. The van der Waals surface area contributed by atoms with Crippen molar-refractivity contribution in [2.24, 2.45) is 0 Å². The van der Waals surface area contributed by atoms with E-state index < -0.39 is 113 Å². The normalized spacial score (nSPS) is 22.1. The van der Waals surface area contributed by atoms with Crippen LogP contribution in [0.3, 0.4) is 0 Å². The number of alkyl halides is 3. The molecule has 0 aromatic rings. The molecule has 2 atom stereocenters. The van der Waals surface area contributed by atoms with Crippen molar-refractivity contribution in [1.29, 1.82) is 0 Å². The number of hydrogen-bond acceptors (Lipinski definition) is 11. The third kappa shape index (κ3) is 9.80. The fraction of sp³-hybridized carbons (Fsp3) is 1.00. The van der Waals surface area contributed by atoms with E-state index >= 15 is 0 Å². The Bertz CT molecular complexity index is 660. The Morgan fingerprint density at radius 1 is 0.778 bits per heavy atom. The molecule has 0 heterocycles. The average Bonchev–Trinajstić information content (AvgIpc) is 2.75. The lowest BCUT2D eigenvalue weighted by Gasteiger charge is -2.55. The van der Waals surface area contributed by atoms with Crippen molar-refractivity contribution in [3.63, 3.8) is 0 Å². The van der Waals surface area contributed by atoms with Gasteiger partial charge in [0.15, 0.2) is 45.4 Å². The first-order valence-corrected chi connectivity index (χ1v) is 41.5. The Kier molecular flexibility index (Phi) is 15.5. The van der Waals surface area contributed by atoms with Gasteiger partial charge in [0.25, 0.3) is 23.7 Å². The Hall–Kier alpha value is 1.95. The summed E-state index contributed by atoms with van der Waals surface area (Å²) in [5, 5.41) is 0. The molecule has 0 fully saturated rings. The Labute approximate surface area is 230 Å². The molecule has 26 heteroatoms. The summed E-state index contributed by atoms with van der Waals surface area (Å²) in [6, 6.07) is -0.486. The van der Waals surface area contributed by atoms with Crippen LogP contribution in [0.4, 0.5) is 13.2 Å². The van der Waals surface area contributed by atoms with Crippen molar-refractivity contribution in [3.05, 3.63) is 0 Å². The average molecular weight is 733 g/mol. The highest BCUT2D eigenvalue weighted by atomic mass is 30.2. The molecule has 0 spiro atoms. The number of hydrogen-bond donors (Lipinski definition) is 5. The minimum atomic E-state index is -4.49. The van der Waals surface area contributed by atoms with Gasteiger partial charge >= 0.3 is 30.9 Å². The molecule has 0 saturated heterocycles. The lowest BCUT2D eigenvalue weighted by Crippen LogP contribution is -2.93. The molecule has 0 amide bonds. The molecule has 11 nitrogen and oxygen atoms in total. The van der Waals surface area contributed by atoms with Gasteiger partial charge in [-0.3, -0.25) is 0 Å². The fourth-order valence-corrected chi connectivity index (χ4v) is 165. The van der Waals surface area contributed by atoms with Crippen molar-refractivity contribution < 1.29 is 62.2 Å². The van der Waals surface area contributed by atoms with Gasteiger partial charge in [-0.2, -0.15) is 13.2 Å². The summed E-state index contributed by atoms with van der Waals surface area (Å²) in [7, 11) is -23.7. The smallest absolute Gasteiger partial charge is 0.389 e. The fourth-order valence-electron chi connectivity index (χ4n) is 3.73. The first-order chi connectivity index (χ1) is 16.3. The summed E-state index contributed by atoms with van der Waals surface area (Å²) in [6.45, 7) is 2.70. The first kappa shape index (κ1) is 38.0. The summed E-state index contributed by atoms with van der Waals surface area (Å²) >= 11 is 0. The van der Waals surface area contributed by atoms with Crippen LogP contribution in [0.2, 0.25) is 45.3 Å². The molecule has 0 radical (unpaired) electrons. The summed E-state index contributed by atoms with van der Waals surface area (Å²) < 4.78 is 77.5. The third-order valence-corrected chi connectivity index (χ3v) is 109. The van der Waals surface area contributed by atoms with Gasteiger partial charge in [0.05, 0.1) is 0 Å². The Balaban J connectivity index is 7.60. The van der Waals surface area contributed by atoms with Crippen molar-refractivity contribution in [1.82, 2.24) is 0 Å². The van der Waals surface area contributed by atoms with Crippen LogP contribution in [0.25, 0.3) is 0 Å². The van der Waals surface area contributed by atoms with Crippen LogP contribution in [0.5, 0.6) is 0 Å². The monoisotopic (exact) mass is 732 g/mol. The van der Waals surface area contributed by atoms with Gasteiger partial charge in [-0.15, -0.1) is 0 Å². The zero-order chi connectivity index (χ0) is 28.7. The summed E-state index contributed by atoms with van der Waals surface area (Å²) in [6.07, 6.45) is -5.68. The molecule has 0 aliphatic rings. The minimum absolute atomic E-state index is 0.0581. The Morgan fingerprint density at radius 3 is 1.56 bits per heavy atom. The summed E-state index contributed by atoms with van der Waals surface area (Å²) in [5.41, 5.74) is 0. The molecule has 0 aromatic heterocycles.